The van der Waals surface area contributed by atoms with Crippen LogP contribution in [0, 0.1) is 5.92 Å². The smallest absolute Gasteiger partial charge is 0.325 e. The second-order valence-electron chi connectivity index (χ2n) is 4.41. The third-order valence-corrected chi connectivity index (χ3v) is 3.02. The maximum atomic E-state index is 12.1. The van der Waals surface area contributed by atoms with Gasteiger partial charge in [-0.1, -0.05) is 6.92 Å². The highest BCUT2D eigenvalue weighted by Gasteiger charge is 2.28. The first-order valence-electron chi connectivity index (χ1n) is 6.68. The molecule has 0 spiro atoms. The van der Waals surface area contributed by atoms with Crippen LogP contribution in [0.5, 0.6) is 11.5 Å². The number of hydrogen-bond donors (Lipinski definition) is 1. The number of esters is 2. The molecule has 1 aromatic rings. The summed E-state index contributed by atoms with van der Waals surface area (Å²) in [6.45, 7) is 2.24. The Kier molecular flexibility index (Phi) is 6.68. The SMILES string of the molecule is CCC(C(=O)OC)C(=O)Oc1ccc(OC)cc1CNC. The number of ether oxygens (including phenoxy) is 3. The van der Waals surface area contributed by atoms with Crippen molar-refractivity contribution in [1.82, 2.24) is 5.32 Å². The van der Waals surface area contributed by atoms with Crippen LogP contribution in [0.15, 0.2) is 18.2 Å². The van der Waals surface area contributed by atoms with E-state index in [4.69, 9.17) is 9.47 Å². The molecule has 1 atom stereocenters. The van der Waals surface area contributed by atoms with E-state index >= 15 is 0 Å². The molecule has 1 rings (SSSR count). The molecule has 21 heavy (non-hydrogen) atoms. The number of carbonyl (C=O) groups is 2. The van der Waals surface area contributed by atoms with E-state index in [1.807, 2.05) is 0 Å². The number of rotatable bonds is 7. The summed E-state index contributed by atoms with van der Waals surface area (Å²) in [6, 6.07) is 5.12. The second-order valence-corrected chi connectivity index (χ2v) is 4.41. The zero-order valence-corrected chi connectivity index (χ0v) is 12.8. The van der Waals surface area contributed by atoms with E-state index in [9.17, 15) is 9.59 Å². The lowest BCUT2D eigenvalue weighted by molar-refractivity contribution is -0.155. The maximum absolute atomic E-state index is 12.1. The predicted molar refractivity (Wildman–Crippen MR) is 77.2 cm³/mol. The van der Waals surface area contributed by atoms with Crippen LogP contribution in [0.1, 0.15) is 18.9 Å². The molecule has 0 aliphatic heterocycles. The zero-order chi connectivity index (χ0) is 15.8. The van der Waals surface area contributed by atoms with Gasteiger partial charge in [0.25, 0.3) is 0 Å². The summed E-state index contributed by atoms with van der Waals surface area (Å²) in [6.07, 6.45) is 0.322. The summed E-state index contributed by atoms with van der Waals surface area (Å²) >= 11 is 0. The molecule has 0 amide bonds. The van der Waals surface area contributed by atoms with Crippen molar-refractivity contribution in [2.45, 2.75) is 19.9 Å². The van der Waals surface area contributed by atoms with Crippen molar-refractivity contribution in [3.63, 3.8) is 0 Å². The Morgan fingerprint density at radius 3 is 2.48 bits per heavy atom. The predicted octanol–water partition coefficient (Wildman–Crippen LogP) is 1.52. The highest BCUT2D eigenvalue weighted by molar-refractivity contribution is 5.95. The normalized spacial score (nSPS) is 11.6. The number of methoxy groups -OCH3 is 2. The number of carbonyl (C=O) groups excluding carboxylic acids is 2. The van der Waals surface area contributed by atoms with Crippen LogP contribution >= 0.6 is 0 Å². The number of hydrogen-bond acceptors (Lipinski definition) is 6. The van der Waals surface area contributed by atoms with Crippen LogP contribution in [-0.4, -0.2) is 33.2 Å². The van der Waals surface area contributed by atoms with E-state index in [2.05, 4.69) is 10.1 Å². The fraction of sp³-hybridized carbons (Fsp3) is 0.467. The monoisotopic (exact) mass is 295 g/mol. The van der Waals surface area contributed by atoms with Gasteiger partial charge in [-0.05, 0) is 31.7 Å². The minimum absolute atomic E-state index is 0.322. The van der Waals surface area contributed by atoms with Gasteiger partial charge in [-0.2, -0.15) is 0 Å². The van der Waals surface area contributed by atoms with Crippen molar-refractivity contribution in [2.24, 2.45) is 5.92 Å². The van der Waals surface area contributed by atoms with E-state index in [0.717, 1.165) is 5.56 Å². The van der Waals surface area contributed by atoms with Crippen molar-refractivity contribution in [3.05, 3.63) is 23.8 Å². The third-order valence-electron chi connectivity index (χ3n) is 3.02. The average molecular weight is 295 g/mol. The van der Waals surface area contributed by atoms with Crippen LogP contribution in [0.3, 0.4) is 0 Å². The van der Waals surface area contributed by atoms with E-state index in [1.165, 1.54) is 7.11 Å². The highest BCUT2D eigenvalue weighted by Crippen LogP contribution is 2.25. The van der Waals surface area contributed by atoms with Gasteiger partial charge in [-0.15, -0.1) is 0 Å². The standard InChI is InChI=1S/C15H21NO5/c1-5-12(14(17)20-4)15(18)21-13-7-6-11(19-3)8-10(13)9-16-2/h6-8,12,16H,5,9H2,1-4H3. The Labute approximate surface area is 124 Å². The van der Waals surface area contributed by atoms with Crippen LogP contribution in [0.25, 0.3) is 0 Å². The molecule has 0 aromatic heterocycles. The fourth-order valence-electron chi connectivity index (χ4n) is 1.86. The fourth-order valence-corrected chi connectivity index (χ4v) is 1.86. The molecule has 1 N–H and O–H groups in total. The minimum Gasteiger partial charge on any atom is -0.497 e. The van der Waals surface area contributed by atoms with Gasteiger partial charge in [0.2, 0.25) is 0 Å². The highest BCUT2D eigenvalue weighted by atomic mass is 16.6. The van der Waals surface area contributed by atoms with Crippen LogP contribution in [0.4, 0.5) is 0 Å². The summed E-state index contributed by atoms with van der Waals surface area (Å²) in [5, 5.41) is 2.99. The summed E-state index contributed by atoms with van der Waals surface area (Å²) in [7, 11) is 4.60. The maximum Gasteiger partial charge on any atom is 0.325 e. The molecule has 116 valence electrons. The first kappa shape index (κ1) is 17.0. The van der Waals surface area contributed by atoms with Gasteiger partial charge in [-0.3, -0.25) is 9.59 Å². The molecule has 1 aromatic carbocycles. The molecule has 0 heterocycles. The van der Waals surface area contributed by atoms with Crippen molar-refractivity contribution >= 4 is 11.9 Å². The van der Waals surface area contributed by atoms with Crippen LogP contribution in [-0.2, 0) is 20.9 Å². The van der Waals surface area contributed by atoms with Crippen molar-refractivity contribution in [3.8, 4) is 11.5 Å². The zero-order valence-electron chi connectivity index (χ0n) is 12.8. The molecular weight excluding hydrogens is 274 g/mol. The van der Waals surface area contributed by atoms with E-state index in [1.54, 1.807) is 39.3 Å². The molecule has 0 radical (unpaired) electrons. The quantitative estimate of drug-likeness (QED) is 0.467. The average Bonchev–Trinajstić information content (AvgIpc) is 2.49. The Morgan fingerprint density at radius 1 is 1.24 bits per heavy atom. The van der Waals surface area contributed by atoms with E-state index in [0.29, 0.717) is 24.5 Å². The van der Waals surface area contributed by atoms with E-state index in [-0.39, 0.29) is 0 Å². The first-order chi connectivity index (χ1) is 10.1. The molecule has 0 aliphatic carbocycles. The van der Waals surface area contributed by atoms with Crippen LogP contribution in [0.2, 0.25) is 0 Å². The van der Waals surface area contributed by atoms with Crippen molar-refractivity contribution in [2.75, 3.05) is 21.3 Å². The Bertz CT molecular complexity index is 501. The third kappa shape index (κ3) is 4.46. The van der Waals surface area contributed by atoms with Crippen LogP contribution < -0.4 is 14.8 Å². The Hall–Kier alpha value is -2.08. The first-order valence-corrected chi connectivity index (χ1v) is 6.68. The summed E-state index contributed by atoms with van der Waals surface area (Å²) in [5.41, 5.74) is 0.768. The second kappa shape index (κ2) is 8.26. The number of nitrogens with one attached hydrogen (secondary N) is 1. The van der Waals surface area contributed by atoms with Gasteiger partial charge in [0.1, 0.15) is 11.5 Å². The molecule has 0 bridgehead atoms. The van der Waals surface area contributed by atoms with E-state index < -0.39 is 17.9 Å². The lowest BCUT2D eigenvalue weighted by Gasteiger charge is -2.15. The lowest BCUT2D eigenvalue weighted by Crippen LogP contribution is -2.29. The molecule has 6 heteroatoms. The van der Waals surface area contributed by atoms with Gasteiger partial charge in [0, 0.05) is 12.1 Å². The van der Waals surface area contributed by atoms with Gasteiger partial charge in [0.05, 0.1) is 14.2 Å². The van der Waals surface area contributed by atoms with Gasteiger partial charge < -0.3 is 19.5 Å². The Morgan fingerprint density at radius 2 is 1.95 bits per heavy atom. The molecule has 0 saturated carbocycles. The summed E-state index contributed by atoms with van der Waals surface area (Å²) in [5.74, 6) is -1.06. The molecule has 1 unspecified atom stereocenters. The lowest BCUT2D eigenvalue weighted by atomic mass is 10.1. The summed E-state index contributed by atoms with van der Waals surface area (Å²) in [4.78, 5) is 23.6. The van der Waals surface area contributed by atoms with Gasteiger partial charge in [0.15, 0.2) is 5.92 Å². The van der Waals surface area contributed by atoms with Gasteiger partial charge in [-0.25, -0.2) is 0 Å². The molecule has 0 fully saturated rings. The Balaban J connectivity index is 2.95. The molecule has 0 saturated heterocycles. The summed E-state index contributed by atoms with van der Waals surface area (Å²) < 4.78 is 15.1. The molecule has 6 nitrogen and oxygen atoms in total. The van der Waals surface area contributed by atoms with Crippen molar-refractivity contribution < 1.29 is 23.8 Å². The minimum atomic E-state index is -0.917. The molecular formula is C15H21NO5. The molecule has 0 aliphatic rings. The van der Waals surface area contributed by atoms with Gasteiger partial charge >= 0.3 is 11.9 Å². The topological polar surface area (TPSA) is 73.9 Å². The largest absolute Gasteiger partial charge is 0.497 e. The number of benzene rings is 1. The van der Waals surface area contributed by atoms with Crippen molar-refractivity contribution in [1.29, 1.82) is 0 Å².